The highest BCUT2D eigenvalue weighted by atomic mass is 79.9. The molecule has 4 rings (SSSR count). The molecule has 1 saturated carbocycles. The van der Waals surface area contributed by atoms with Gasteiger partial charge >= 0.3 is 0 Å². The van der Waals surface area contributed by atoms with Gasteiger partial charge in [0.05, 0.1) is 17.9 Å². The van der Waals surface area contributed by atoms with Crippen LogP contribution in [-0.4, -0.2) is 76.0 Å². The van der Waals surface area contributed by atoms with Crippen LogP contribution < -0.4 is 10.6 Å². The zero-order valence-corrected chi connectivity index (χ0v) is 20.4. The van der Waals surface area contributed by atoms with Crippen LogP contribution in [0.15, 0.2) is 0 Å². The molecule has 4 fully saturated rings. The lowest BCUT2D eigenvalue weighted by Crippen LogP contribution is -2.57. The molecule has 32 heavy (non-hydrogen) atoms. The summed E-state index contributed by atoms with van der Waals surface area (Å²) in [5, 5.41) is 15.4. The van der Waals surface area contributed by atoms with Crippen molar-refractivity contribution in [3.05, 3.63) is 0 Å². The Bertz CT molecular complexity index is 730. The molecule has 6 atom stereocenters. The van der Waals surface area contributed by atoms with Gasteiger partial charge in [0.1, 0.15) is 11.6 Å². The second kappa shape index (κ2) is 9.97. The quantitative estimate of drug-likeness (QED) is 0.319. The van der Waals surface area contributed by atoms with Gasteiger partial charge in [-0.25, -0.2) is 0 Å². The number of aliphatic hydroxyl groups excluding tert-OH is 1. The van der Waals surface area contributed by atoms with Crippen LogP contribution in [0.2, 0.25) is 0 Å². The average molecular weight is 514 g/mol. The number of halogens is 1. The maximum absolute atomic E-state index is 13.7. The molecule has 8 nitrogen and oxygen atoms in total. The third-order valence-electron chi connectivity index (χ3n) is 7.65. The number of amides is 3. The van der Waals surface area contributed by atoms with Crippen LogP contribution in [0.25, 0.3) is 0 Å². The van der Waals surface area contributed by atoms with Crippen LogP contribution in [0, 0.1) is 11.8 Å². The Morgan fingerprint density at radius 3 is 2.66 bits per heavy atom. The summed E-state index contributed by atoms with van der Waals surface area (Å²) in [5.74, 6) is -1.73. The number of likely N-dealkylation sites (tertiary alicyclic amines) is 1. The third kappa shape index (κ3) is 4.09. The zero-order valence-electron chi connectivity index (χ0n) is 18.9. The van der Waals surface area contributed by atoms with Crippen molar-refractivity contribution in [2.24, 2.45) is 11.8 Å². The number of rotatable bonds is 9. The van der Waals surface area contributed by atoms with Crippen LogP contribution in [0.3, 0.4) is 0 Å². The molecular weight excluding hydrogens is 478 g/mol. The van der Waals surface area contributed by atoms with Crippen molar-refractivity contribution in [3.8, 4) is 0 Å². The van der Waals surface area contributed by atoms with E-state index >= 15 is 0 Å². The molecule has 1 aliphatic carbocycles. The van der Waals surface area contributed by atoms with Crippen LogP contribution in [0.4, 0.5) is 0 Å². The molecule has 0 aromatic heterocycles. The number of nitrogens with zero attached hydrogens (tertiary/aromatic N) is 1. The number of alkyl halides is 1. The van der Waals surface area contributed by atoms with Gasteiger partial charge < -0.3 is 25.4 Å². The van der Waals surface area contributed by atoms with E-state index in [1.165, 1.54) is 6.42 Å². The van der Waals surface area contributed by atoms with Crippen molar-refractivity contribution in [1.29, 1.82) is 0 Å². The second-order valence-corrected chi connectivity index (χ2v) is 10.9. The number of nitrogens with one attached hydrogen (secondary N) is 2. The number of hydrogen-bond donors (Lipinski definition) is 3. The highest BCUT2D eigenvalue weighted by Crippen LogP contribution is 2.60. The maximum atomic E-state index is 13.7. The van der Waals surface area contributed by atoms with Gasteiger partial charge in [0.25, 0.3) is 0 Å². The molecule has 0 aromatic rings. The van der Waals surface area contributed by atoms with Crippen LogP contribution in [0.1, 0.15) is 64.7 Å². The molecule has 3 amide bonds. The van der Waals surface area contributed by atoms with Crippen molar-refractivity contribution in [2.75, 3.05) is 19.7 Å². The summed E-state index contributed by atoms with van der Waals surface area (Å²) >= 11 is 3.68. The van der Waals surface area contributed by atoms with E-state index in [1.807, 2.05) is 6.92 Å². The molecule has 3 saturated heterocycles. The number of hydrogen-bond acceptors (Lipinski definition) is 5. The number of carbonyl (C=O) groups is 3. The van der Waals surface area contributed by atoms with Crippen molar-refractivity contribution in [3.63, 3.8) is 0 Å². The van der Waals surface area contributed by atoms with Gasteiger partial charge in [-0.3, -0.25) is 14.4 Å². The van der Waals surface area contributed by atoms with Gasteiger partial charge in [-0.05, 0) is 38.5 Å². The van der Waals surface area contributed by atoms with Crippen molar-refractivity contribution < 1.29 is 24.2 Å². The van der Waals surface area contributed by atoms with Crippen LogP contribution in [-0.2, 0) is 19.1 Å². The van der Waals surface area contributed by atoms with E-state index in [0.29, 0.717) is 32.4 Å². The first-order chi connectivity index (χ1) is 15.4. The number of aliphatic hydroxyl groups is 1. The van der Waals surface area contributed by atoms with Gasteiger partial charge in [0.15, 0.2) is 0 Å². The number of unbranched alkanes of at least 4 members (excludes halogenated alkanes) is 1. The van der Waals surface area contributed by atoms with Crippen LogP contribution in [0.5, 0.6) is 0 Å². The minimum atomic E-state index is -0.984. The molecule has 1 spiro atoms. The molecular formula is C23H36BrN3O5. The smallest absolute Gasteiger partial charge is 0.246 e. The van der Waals surface area contributed by atoms with E-state index in [4.69, 9.17) is 4.74 Å². The third-order valence-corrected chi connectivity index (χ3v) is 8.49. The Balaban J connectivity index is 1.62. The fourth-order valence-corrected chi connectivity index (χ4v) is 7.20. The van der Waals surface area contributed by atoms with Crippen molar-refractivity contribution in [1.82, 2.24) is 15.5 Å². The summed E-state index contributed by atoms with van der Waals surface area (Å²) in [6.45, 7) is 2.96. The first-order valence-corrected chi connectivity index (χ1v) is 13.2. The molecule has 4 aliphatic rings. The summed E-state index contributed by atoms with van der Waals surface area (Å²) in [6.07, 6.45) is 7.41. The maximum Gasteiger partial charge on any atom is 0.246 e. The van der Waals surface area contributed by atoms with Gasteiger partial charge in [0, 0.05) is 30.6 Å². The summed E-state index contributed by atoms with van der Waals surface area (Å²) < 4.78 is 6.46. The zero-order chi connectivity index (χ0) is 22.9. The SMILES string of the molecule is CCCNC(=O)[C@H]1[C@@H]2OC3(CC2Br)C(C(=O)NC2CCCCC2)N(CCCCO)C(=O)[C@H]13. The minimum Gasteiger partial charge on any atom is -0.396 e. The Morgan fingerprint density at radius 1 is 1.22 bits per heavy atom. The minimum absolute atomic E-state index is 0.0413. The predicted octanol–water partition coefficient (Wildman–Crippen LogP) is 1.48. The Hall–Kier alpha value is -1.19. The summed E-state index contributed by atoms with van der Waals surface area (Å²) in [5.41, 5.74) is -0.984. The van der Waals surface area contributed by atoms with Crippen LogP contribution >= 0.6 is 15.9 Å². The highest BCUT2D eigenvalue weighted by molar-refractivity contribution is 9.09. The lowest BCUT2D eigenvalue weighted by molar-refractivity contribution is -0.142. The average Bonchev–Trinajstić information content (AvgIpc) is 3.36. The number of fused-ring (bicyclic) bond motifs is 1. The van der Waals surface area contributed by atoms with Crippen molar-refractivity contribution in [2.45, 2.75) is 93.3 Å². The summed E-state index contributed by atoms with van der Waals surface area (Å²) in [7, 11) is 0. The van der Waals surface area contributed by atoms with Gasteiger partial charge in [-0.2, -0.15) is 0 Å². The fraction of sp³-hybridized carbons (Fsp3) is 0.870. The first kappa shape index (κ1) is 24.0. The Morgan fingerprint density at radius 2 is 1.97 bits per heavy atom. The van der Waals surface area contributed by atoms with E-state index in [0.717, 1.165) is 32.1 Å². The monoisotopic (exact) mass is 513 g/mol. The van der Waals surface area contributed by atoms with Crippen molar-refractivity contribution >= 4 is 33.7 Å². The normalized spacial score (nSPS) is 36.4. The molecule has 3 N–H and O–H groups in total. The van der Waals surface area contributed by atoms with E-state index in [-0.39, 0.29) is 35.2 Å². The lowest BCUT2D eigenvalue weighted by Gasteiger charge is -2.35. The molecule has 3 unspecified atom stereocenters. The summed E-state index contributed by atoms with van der Waals surface area (Å²) in [4.78, 5) is 41.9. The fourth-order valence-electron chi connectivity index (χ4n) is 6.26. The molecule has 0 radical (unpaired) electrons. The van der Waals surface area contributed by atoms with Gasteiger partial charge in [0.2, 0.25) is 17.7 Å². The van der Waals surface area contributed by atoms with Gasteiger partial charge in [-0.15, -0.1) is 0 Å². The van der Waals surface area contributed by atoms with Gasteiger partial charge in [-0.1, -0.05) is 42.1 Å². The summed E-state index contributed by atoms with van der Waals surface area (Å²) in [6, 6.07) is -0.613. The van der Waals surface area contributed by atoms with E-state index < -0.39 is 29.6 Å². The molecule has 180 valence electrons. The molecule has 2 bridgehead atoms. The molecule has 3 aliphatic heterocycles. The van der Waals surface area contributed by atoms with E-state index in [1.54, 1.807) is 4.90 Å². The molecule has 3 heterocycles. The van der Waals surface area contributed by atoms with E-state index in [9.17, 15) is 19.5 Å². The highest BCUT2D eigenvalue weighted by Gasteiger charge is 2.76. The van der Waals surface area contributed by atoms with E-state index in [2.05, 4.69) is 26.6 Å². The largest absolute Gasteiger partial charge is 0.396 e. The number of carbonyl (C=O) groups excluding carboxylic acids is 3. The lowest BCUT2D eigenvalue weighted by atomic mass is 9.70. The number of ether oxygens (including phenoxy) is 1. The Labute approximate surface area is 198 Å². The standard InChI is InChI=1S/C23H36BrN3O5/c1-2-10-25-20(29)16-17-22(31)27(11-6-7-12-28)19(23(17)13-15(24)18(16)32-23)21(30)26-14-8-4-3-5-9-14/h14-19,28H,2-13H2,1H3,(H,25,29)(H,26,30)/t15?,16-,17+,18-,19?,23?/m1/s1. The predicted molar refractivity (Wildman–Crippen MR) is 122 cm³/mol. The Kier molecular flexibility index (Phi) is 7.46. The molecule has 0 aromatic carbocycles. The first-order valence-electron chi connectivity index (χ1n) is 12.3. The molecule has 9 heteroatoms. The topological polar surface area (TPSA) is 108 Å². The second-order valence-electron chi connectivity index (χ2n) is 9.76.